The van der Waals surface area contributed by atoms with Gasteiger partial charge in [0.25, 0.3) is 0 Å². The van der Waals surface area contributed by atoms with Gasteiger partial charge in [0.2, 0.25) is 0 Å². The van der Waals surface area contributed by atoms with E-state index in [0.29, 0.717) is 6.54 Å². The Bertz CT molecular complexity index is 460. The molecule has 0 saturated heterocycles. The second kappa shape index (κ2) is 8.19. The van der Waals surface area contributed by atoms with E-state index in [1.54, 1.807) is 12.1 Å². The molecule has 0 heterocycles. The van der Waals surface area contributed by atoms with Gasteiger partial charge in [0.05, 0.1) is 6.42 Å². The summed E-state index contributed by atoms with van der Waals surface area (Å²) in [5.41, 5.74) is 1.55. The smallest absolute Gasteiger partial charge is 0.315 e. The van der Waals surface area contributed by atoms with Crippen molar-refractivity contribution in [2.24, 2.45) is 0 Å². The van der Waals surface area contributed by atoms with Crippen LogP contribution in [0.2, 0.25) is 0 Å². The minimum atomic E-state index is -0.876. The molecule has 1 atom stereocenters. The molecule has 0 aliphatic rings. The topological polar surface area (TPSA) is 78.4 Å². The zero-order valence-corrected chi connectivity index (χ0v) is 12.0. The van der Waals surface area contributed by atoms with Gasteiger partial charge in [0, 0.05) is 12.6 Å². The van der Waals surface area contributed by atoms with Crippen LogP contribution in [0.3, 0.4) is 0 Å². The van der Waals surface area contributed by atoms with Crippen LogP contribution in [-0.4, -0.2) is 23.1 Å². The van der Waals surface area contributed by atoms with E-state index >= 15 is 0 Å². The molecule has 0 fully saturated rings. The van der Waals surface area contributed by atoms with Crippen LogP contribution < -0.4 is 10.6 Å². The van der Waals surface area contributed by atoms with E-state index in [1.807, 2.05) is 19.1 Å². The third-order valence-electron chi connectivity index (χ3n) is 3.00. The van der Waals surface area contributed by atoms with Gasteiger partial charge in [-0.15, -0.1) is 0 Å². The first-order chi connectivity index (χ1) is 9.52. The number of nitrogens with one attached hydrogen (secondary N) is 2. The maximum Gasteiger partial charge on any atom is 0.315 e. The number of rotatable bonds is 7. The number of carboxylic acid groups (broad SMARTS) is 1. The zero-order chi connectivity index (χ0) is 15.0. The number of carbonyl (C=O) groups excluding carboxylic acids is 1. The Labute approximate surface area is 119 Å². The van der Waals surface area contributed by atoms with Crippen molar-refractivity contribution in [3.05, 3.63) is 35.4 Å². The van der Waals surface area contributed by atoms with E-state index in [9.17, 15) is 9.59 Å². The monoisotopic (exact) mass is 278 g/mol. The number of amides is 2. The Hall–Kier alpha value is -2.04. The lowest BCUT2D eigenvalue weighted by molar-refractivity contribution is -0.136. The van der Waals surface area contributed by atoms with Gasteiger partial charge in [0.15, 0.2) is 0 Å². The molecule has 0 radical (unpaired) electrons. The van der Waals surface area contributed by atoms with Gasteiger partial charge in [-0.05, 0) is 24.5 Å². The normalized spacial score (nSPS) is 11.7. The van der Waals surface area contributed by atoms with E-state index < -0.39 is 5.97 Å². The van der Waals surface area contributed by atoms with E-state index in [-0.39, 0.29) is 18.5 Å². The Kier molecular flexibility index (Phi) is 6.56. The number of hydrogen-bond donors (Lipinski definition) is 3. The fourth-order valence-corrected chi connectivity index (χ4v) is 2.02. The first kappa shape index (κ1) is 16.0. The molecule has 0 saturated carbocycles. The highest BCUT2D eigenvalue weighted by atomic mass is 16.4. The van der Waals surface area contributed by atoms with Crippen molar-refractivity contribution in [1.29, 1.82) is 0 Å². The van der Waals surface area contributed by atoms with Gasteiger partial charge >= 0.3 is 12.0 Å². The summed E-state index contributed by atoms with van der Waals surface area (Å²) in [6.45, 7) is 4.35. The molecule has 3 N–H and O–H groups in total. The van der Waals surface area contributed by atoms with Gasteiger partial charge in [-0.1, -0.05) is 37.6 Å². The average Bonchev–Trinajstić information content (AvgIpc) is 2.37. The maximum absolute atomic E-state index is 11.7. The predicted octanol–water partition coefficient (Wildman–Crippen LogP) is 2.30. The first-order valence-electron chi connectivity index (χ1n) is 6.85. The average molecular weight is 278 g/mol. The first-order valence-corrected chi connectivity index (χ1v) is 6.85. The summed E-state index contributed by atoms with van der Waals surface area (Å²) in [5, 5.41) is 14.5. The number of hydrogen-bond acceptors (Lipinski definition) is 2. The molecule has 1 rings (SSSR count). The minimum Gasteiger partial charge on any atom is -0.481 e. The molecule has 1 aromatic rings. The number of carbonyl (C=O) groups is 2. The van der Waals surface area contributed by atoms with Crippen molar-refractivity contribution >= 4 is 12.0 Å². The molecule has 0 spiro atoms. The fraction of sp³-hybridized carbons (Fsp3) is 0.467. The summed E-state index contributed by atoms with van der Waals surface area (Å²) in [6.07, 6.45) is 1.91. The van der Waals surface area contributed by atoms with Crippen molar-refractivity contribution < 1.29 is 14.7 Å². The summed E-state index contributed by atoms with van der Waals surface area (Å²) in [6, 6.07) is 7.13. The van der Waals surface area contributed by atoms with E-state index in [4.69, 9.17) is 5.11 Å². The van der Waals surface area contributed by atoms with Gasteiger partial charge in [-0.2, -0.15) is 0 Å². The van der Waals surface area contributed by atoms with Crippen LogP contribution in [0.4, 0.5) is 4.79 Å². The van der Waals surface area contributed by atoms with Crippen molar-refractivity contribution in [1.82, 2.24) is 10.6 Å². The van der Waals surface area contributed by atoms with Crippen LogP contribution in [0, 0.1) is 0 Å². The largest absolute Gasteiger partial charge is 0.481 e. The van der Waals surface area contributed by atoms with Crippen molar-refractivity contribution in [2.75, 3.05) is 0 Å². The van der Waals surface area contributed by atoms with Crippen LogP contribution in [0.15, 0.2) is 24.3 Å². The zero-order valence-electron chi connectivity index (χ0n) is 12.0. The van der Waals surface area contributed by atoms with Crippen LogP contribution >= 0.6 is 0 Å². The van der Waals surface area contributed by atoms with Gasteiger partial charge in [-0.25, -0.2) is 4.79 Å². The highest BCUT2D eigenvalue weighted by molar-refractivity contribution is 5.74. The van der Waals surface area contributed by atoms with Crippen molar-refractivity contribution in [3.8, 4) is 0 Å². The molecule has 0 aliphatic carbocycles. The molecular weight excluding hydrogens is 256 g/mol. The van der Waals surface area contributed by atoms with Crippen LogP contribution in [-0.2, 0) is 17.8 Å². The second-order valence-electron chi connectivity index (χ2n) is 4.86. The Morgan fingerprint density at radius 2 is 1.90 bits per heavy atom. The Morgan fingerprint density at radius 3 is 2.50 bits per heavy atom. The fourth-order valence-electron chi connectivity index (χ4n) is 2.02. The molecule has 0 aromatic heterocycles. The molecule has 110 valence electrons. The minimum absolute atomic E-state index is 0.0360. The highest BCUT2D eigenvalue weighted by Gasteiger charge is 2.09. The van der Waals surface area contributed by atoms with Crippen LogP contribution in [0.1, 0.15) is 37.8 Å². The molecule has 5 nitrogen and oxygen atoms in total. The number of carboxylic acids is 1. The Balaban J connectivity index is 2.52. The number of aliphatic carboxylic acids is 1. The van der Waals surface area contributed by atoms with Crippen LogP contribution in [0.25, 0.3) is 0 Å². The lowest BCUT2D eigenvalue weighted by Crippen LogP contribution is -2.40. The van der Waals surface area contributed by atoms with Gasteiger partial charge < -0.3 is 15.7 Å². The molecule has 2 amide bonds. The molecule has 0 bridgehead atoms. The summed E-state index contributed by atoms with van der Waals surface area (Å²) in [7, 11) is 0. The Morgan fingerprint density at radius 1 is 1.25 bits per heavy atom. The SMILES string of the molecule is CCCC(C)NC(=O)NCc1ccccc1CC(=O)O. The summed E-state index contributed by atoms with van der Waals surface area (Å²) < 4.78 is 0. The summed E-state index contributed by atoms with van der Waals surface area (Å²) in [4.78, 5) is 22.5. The second-order valence-corrected chi connectivity index (χ2v) is 4.86. The number of urea groups is 1. The molecular formula is C15H22N2O3. The summed E-state index contributed by atoms with van der Waals surface area (Å²) >= 11 is 0. The lowest BCUT2D eigenvalue weighted by atomic mass is 10.0. The van der Waals surface area contributed by atoms with E-state index in [0.717, 1.165) is 24.0 Å². The van der Waals surface area contributed by atoms with Crippen molar-refractivity contribution in [2.45, 2.75) is 45.7 Å². The third-order valence-corrected chi connectivity index (χ3v) is 3.00. The standard InChI is InChI=1S/C15H22N2O3/c1-3-6-11(2)17-15(20)16-10-13-8-5-4-7-12(13)9-14(18)19/h4-5,7-8,11H,3,6,9-10H2,1-2H3,(H,18,19)(H2,16,17,20). The maximum atomic E-state index is 11.7. The van der Waals surface area contributed by atoms with E-state index in [2.05, 4.69) is 17.6 Å². The molecule has 0 aliphatic heterocycles. The number of benzene rings is 1. The quantitative estimate of drug-likeness (QED) is 0.716. The van der Waals surface area contributed by atoms with Crippen molar-refractivity contribution in [3.63, 3.8) is 0 Å². The van der Waals surface area contributed by atoms with E-state index in [1.165, 1.54) is 0 Å². The predicted molar refractivity (Wildman–Crippen MR) is 77.5 cm³/mol. The van der Waals surface area contributed by atoms with Gasteiger partial charge in [-0.3, -0.25) is 4.79 Å². The van der Waals surface area contributed by atoms with Crippen LogP contribution in [0.5, 0.6) is 0 Å². The third kappa shape index (κ3) is 5.73. The molecule has 20 heavy (non-hydrogen) atoms. The highest BCUT2D eigenvalue weighted by Crippen LogP contribution is 2.09. The molecule has 5 heteroatoms. The lowest BCUT2D eigenvalue weighted by Gasteiger charge is -2.14. The molecule has 1 unspecified atom stereocenters. The van der Waals surface area contributed by atoms with Gasteiger partial charge in [0.1, 0.15) is 0 Å². The summed E-state index contributed by atoms with van der Waals surface area (Å²) in [5.74, 6) is -0.876. The molecule has 1 aromatic carbocycles.